The number of ether oxygens (including phenoxy) is 2. The molecule has 1 heterocycles. The summed E-state index contributed by atoms with van der Waals surface area (Å²) in [6, 6.07) is 7.33. The van der Waals surface area contributed by atoms with Crippen molar-refractivity contribution in [1.29, 1.82) is 0 Å². The topological polar surface area (TPSA) is 59.0 Å². The van der Waals surface area contributed by atoms with Gasteiger partial charge < -0.3 is 19.5 Å². The first-order valence-electron chi connectivity index (χ1n) is 6.40. The van der Waals surface area contributed by atoms with Gasteiger partial charge in [-0.05, 0) is 31.5 Å². The largest absolute Gasteiger partial charge is 0.490 e. The van der Waals surface area contributed by atoms with E-state index in [1.807, 2.05) is 13.8 Å². The zero-order chi connectivity index (χ0) is 13.8. The first kappa shape index (κ1) is 13.7. The summed E-state index contributed by atoms with van der Waals surface area (Å²) in [7, 11) is 0. The van der Waals surface area contributed by atoms with Crippen LogP contribution in [0.3, 0.4) is 0 Å². The molecule has 1 N–H and O–H groups in total. The van der Waals surface area contributed by atoms with Crippen molar-refractivity contribution in [1.82, 2.24) is 4.90 Å². The number of hydrogen-bond donors (Lipinski definition) is 1. The van der Waals surface area contributed by atoms with Crippen LogP contribution in [0.15, 0.2) is 24.3 Å². The van der Waals surface area contributed by atoms with Gasteiger partial charge in [0.05, 0.1) is 13.2 Å². The molecule has 1 saturated heterocycles. The van der Waals surface area contributed by atoms with Crippen LogP contribution in [0, 0.1) is 0 Å². The Morgan fingerprint density at radius 2 is 2.11 bits per heavy atom. The van der Waals surface area contributed by atoms with Gasteiger partial charge >= 0.3 is 6.09 Å². The number of nitrogens with zero attached hydrogens (tertiary/aromatic N) is 1. The number of aliphatic hydroxyl groups is 1. The first-order valence-corrected chi connectivity index (χ1v) is 6.40. The molecule has 5 heteroatoms. The molecule has 1 atom stereocenters. The van der Waals surface area contributed by atoms with Crippen LogP contribution in [0.5, 0.6) is 5.75 Å². The van der Waals surface area contributed by atoms with E-state index in [1.165, 1.54) is 0 Å². The van der Waals surface area contributed by atoms with E-state index in [2.05, 4.69) is 0 Å². The van der Waals surface area contributed by atoms with Gasteiger partial charge in [0, 0.05) is 6.04 Å². The number of benzene rings is 1. The molecule has 1 aromatic carbocycles. The molecule has 0 aromatic heterocycles. The molecule has 1 aromatic rings. The lowest BCUT2D eigenvalue weighted by Crippen LogP contribution is -2.32. The van der Waals surface area contributed by atoms with Crippen molar-refractivity contribution < 1.29 is 19.4 Å². The second kappa shape index (κ2) is 5.93. The van der Waals surface area contributed by atoms with Crippen molar-refractivity contribution in [2.45, 2.75) is 32.6 Å². The van der Waals surface area contributed by atoms with Crippen LogP contribution >= 0.6 is 0 Å². The summed E-state index contributed by atoms with van der Waals surface area (Å²) in [5.41, 5.74) is 0.839. The summed E-state index contributed by atoms with van der Waals surface area (Å²) in [4.78, 5) is 13.2. The lowest BCUT2D eigenvalue weighted by atomic mass is 10.2. The van der Waals surface area contributed by atoms with Crippen molar-refractivity contribution >= 4 is 6.09 Å². The monoisotopic (exact) mass is 265 g/mol. The van der Waals surface area contributed by atoms with Gasteiger partial charge in [-0.25, -0.2) is 4.79 Å². The summed E-state index contributed by atoms with van der Waals surface area (Å²) < 4.78 is 10.8. The minimum absolute atomic E-state index is 0.0177. The van der Waals surface area contributed by atoms with E-state index in [-0.39, 0.29) is 24.8 Å². The Balaban J connectivity index is 1.84. The quantitative estimate of drug-likeness (QED) is 0.881. The number of cyclic esters (lactones) is 1. The molecule has 1 aliphatic heterocycles. The highest BCUT2D eigenvalue weighted by Crippen LogP contribution is 2.17. The van der Waals surface area contributed by atoms with Crippen molar-refractivity contribution in [3.63, 3.8) is 0 Å². The van der Waals surface area contributed by atoms with Crippen molar-refractivity contribution in [2.24, 2.45) is 0 Å². The predicted molar refractivity (Wildman–Crippen MR) is 70.0 cm³/mol. The fraction of sp³-hybridized carbons (Fsp3) is 0.500. The normalized spacial score (nSPS) is 18.8. The van der Waals surface area contributed by atoms with Crippen LogP contribution in [-0.2, 0) is 11.3 Å². The highest BCUT2D eigenvalue weighted by atomic mass is 16.6. The number of carbonyl (C=O) groups excluding carboxylic acids is 1. The molecular formula is C14H19NO4. The highest BCUT2D eigenvalue weighted by molar-refractivity contribution is 5.70. The van der Waals surface area contributed by atoms with Crippen molar-refractivity contribution in [2.75, 3.05) is 13.2 Å². The molecule has 0 bridgehead atoms. The molecule has 104 valence electrons. The number of hydrogen-bond acceptors (Lipinski definition) is 4. The van der Waals surface area contributed by atoms with Gasteiger partial charge in [-0.1, -0.05) is 12.1 Å². The lowest BCUT2D eigenvalue weighted by molar-refractivity contribution is 0.102. The van der Waals surface area contributed by atoms with Gasteiger partial charge in [0.15, 0.2) is 6.10 Å². The van der Waals surface area contributed by atoms with E-state index in [4.69, 9.17) is 14.6 Å². The Kier molecular flexibility index (Phi) is 4.27. The van der Waals surface area contributed by atoms with Crippen LogP contribution in [-0.4, -0.2) is 41.4 Å². The van der Waals surface area contributed by atoms with Gasteiger partial charge in [-0.15, -0.1) is 0 Å². The molecule has 0 radical (unpaired) electrons. The third-order valence-corrected chi connectivity index (χ3v) is 3.07. The zero-order valence-corrected chi connectivity index (χ0v) is 11.2. The maximum Gasteiger partial charge on any atom is 0.410 e. The number of aliphatic hydroxyl groups excluding tert-OH is 1. The van der Waals surface area contributed by atoms with Gasteiger partial charge in [-0.3, -0.25) is 0 Å². The van der Waals surface area contributed by atoms with Gasteiger partial charge in [-0.2, -0.15) is 0 Å². The zero-order valence-electron chi connectivity index (χ0n) is 11.2. The Hall–Kier alpha value is -1.75. The van der Waals surface area contributed by atoms with Crippen LogP contribution in [0.1, 0.15) is 19.4 Å². The van der Waals surface area contributed by atoms with E-state index in [0.717, 1.165) is 5.56 Å². The summed E-state index contributed by atoms with van der Waals surface area (Å²) >= 11 is 0. The van der Waals surface area contributed by atoms with Crippen LogP contribution in [0.2, 0.25) is 0 Å². The number of rotatable bonds is 5. The minimum atomic E-state index is -0.278. The lowest BCUT2D eigenvalue weighted by Gasteiger charge is -2.16. The molecule has 1 aliphatic rings. The fourth-order valence-corrected chi connectivity index (χ4v) is 1.93. The standard InChI is InChI=1S/C14H19NO4/c1-10(2)15-7-13(19-14(15)17)9-18-12-5-3-11(8-16)4-6-12/h3-6,10,13,16H,7-9H2,1-2H3. The Bertz CT molecular complexity index is 430. The molecule has 1 amide bonds. The fourth-order valence-electron chi connectivity index (χ4n) is 1.93. The average molecular weight is 265 g/mol. The van der Waals surface area contributed by atoms with Crippen molar-refractivity contribution in [3.8, 4) is 5.75 Å². The second-order valence-electron chi connectivity index (χ2n) is 4.86. The average Bonchev–Trinajstić information content (AvgIpc) is 2.78. The molecule has 5 nitrogen and oxygen atoms in total. The summed E-state index contributed by atoms with van der Waals surface area (Å²) in [5, 5.41) is 8.94. The second-order valence-corrected chi connectivity index (χ2v) is 4.86. The number of carbonyl (C=O) groups is 1. The third-order valence-electron chi connectivity index (χ3n) is 3.07. The van der Waals surface area contributed by atoms with E-state index >= 15 is 0 Å². The molecule has 1 unspecified atom stereocenters. The van der Waals surface area contributed by atoms with E-state index in [1.54, 1.807) is 29.2 Å². The Morgan fingerprint density at radius 3 is 2.63 bits per heavy atom. The van der Waals surface area contributed by atoms with Gasteiger partial charge in [0.2, 0.25) is 0 Å². The third kappa shape index (κ3) is 3.38. The molecular weight excluding hydrogens is 246 g/mol. The molecule has 0 saturated carbocycles. The number of amides is 1. The Labute approximate surface area is 112 Å². The molecule has 1 fully saturated rings. The summed E-state index contributed by atoms with van der Waals surface area (Å²) in [6.07, 6.45) is -0.508. The minimum Gasteiger partial charge on any atom is -0.490 e. The molecule has 0 spiro atoms. The smallest absolute Gasteiger partial charge is 0.410 e. The molecule has 19 heavy (non-hydrogen) atoms. The maximum atomic E-state index is 11.5. The van der Waals surface area contributed by atoms with E-state index < -0.39 is 0 Å². The van der Waals surface area contributed by atoms with Crippen molar-refractivity contribution in [3.05, 3.63) is 29.8 Å². The predicted octanol–water partition coefficient (Wildman–Crippen LogP) is 1.79. The SMILES string of the molecule is CC(C)N1CC(COc2ccc(CO)cc2)OC1=O. The van der Waals surface area contributed by atoms with Crippen LogP contribution in [0.4, 0.5) is 4.79 Å². The van der Waals surface area contributed by atoms with E-state index in [9.17, 15) is 4.79 Å². The molecule has 0 aliphatic carbocycles. The van der Waals surface area contributed by atoms with Gasteiger partial charge in [0.1, 0.15) is 12.4 Å². The summed E-state index contributed by atoms with van der Waals surface area (Å²) in [6.45, 7) is 4.83. The van der Waals surface area contributed by atoms with E-state index in [0.29, 0.717) is 18.9 Å². The molecule has 2 rings (SSSR count). The van der Waals surface area contributed by atoms with Gasteiger partial charge in [0.25, 0.3) is 0 Å². The summed E-state index contributed by atoms with van der Waals surface area (Å²) in [5.74, 6) is 0.705. The Morgan fingerprint density at radius 1 is 1.42 bits per heavy atom. The maximum absolute atomic E-state index is 11.5. The first-order chi connectivity index (χ1) is 9.10. The van der Waals surface area contributed by atoms with Crippen LogP contribution < -0.4 is 4.74 Å². The van der Waals surface area contributed by atoms with Crippen LogP contribution in [0.25, 0.3) is 0 Å². The highest BCUT2D eigenvalue weighted by Gasteiger charge is 2.33.